The van der Waals surface area contributed by atoms with Crippen LogP contribution in [0.5, 0.6) is 11.5 Å². The molecule has 0 spiro atoms. The van der Waals surface area contributed by atoms with Crippen LogP contribution in [0.1, 0.15) is 25.8 Å². The van der Waals surface area contributed by atoms with Gasteiger partial charge in [-0.3, -0.25) is 4.99 Å². The molecular formula is C17H28IN3O2. The number of nitrogens with one attached hydrogen (secondary N) is 1. The summed E-state index contributed by atoms with van der Waals surface area (Å²) in [5, 5.41) is 3.43. The van der Waals surface area contributed by atoms with E-state index in [1.165, 1.54) is 6.42 Å². The maximum Gasteiger partial charge on any atom is 0.193 e. The largest absolute Gasteiger partial charge is 0.493 e. The highest BCUT2D eigenvalue weighted by Gasteiger charge is 2.30. The molecule has 0 bridgehead atoms. The van der Waals surface area contributed by atoms with E-state index in [-0.39, 0.29) is 24.0 Å². The number of aliphatic imine (C=N–C) groups is 1. The molecular weight excluding hydrogens is 405 g/mol. The molecule has 6 heteroatoms. The number of hydrogen-bond donors (Lipinski definition) is 1. The average molecular weight is 433 g/mol. The molecule has 5 nitrogen and oxygen atoms in total. The minimum Gasteiger partial charge on any atom is -0.493 e. The Morgan fingerprint density at radius 1 is 1.26 bits per heavy atom. The van der Waals surface area contributed by atoms with Crippen molar-refractivity contribution < 1.29 is 9.47 Å². The van der Waals surface area contributed by atoms with E-state index < -0.39 is 0 Å². The molecule has 2 rings (SSSR count). The van der Waals surface area contributed by atoms with Gasteiger partial charge in [-0.15, -0.1) is 24.0 Å². The molecule has 1 aromatic carbocycles. The minimum absolute atomic E-state index is 0. The molecule has 1 aliphatic heterocycles. The summed E-state index contributed by atoms with van der Waals surface area (Å²) < 4.78 is 10.6. The van der Waals surface area contributed by atoms with Gasteiger partial charge in [0.25, 0.3) is 0 Å². The van der Waals surface area contributed by atoms with Crippen molar-refractivity contribution in [3.8, 4) is 11.5 Å². The maximum absolute atomic E-state index is 5.34. The second kappa shape index (κ2) is 8.61. The van der Waals surface area contributed by atoms with Crippen LogP contribution in [0.25, 0.3) is 0 Å². The fraction of sp³-hybridized carbons (Fsp3) is 0.588. The summed E-state index contributed by atoms with van der Waals surface area (Å²) in [7, 11) is 5.13. The third kappa shape index (κ3) is 5.16. The van der Waals surface area contributed by atoms with Gasteiger partial charge < -0.3 is 19.7 Å². The van der Waals surface area contributed by atoms with Gasteiger partial charge in [0.05, 0.1) is 14.2 Å². The van der Waals surface area contributed by atoms with Crippen LogP contribution in [0.2, 0.25) is 0 Å². The average Bonchev–Trinajstić information content (AvgIpc) is 2.87. The quantitative estimate of drug-likeness (QED) is 0.451. The summed E-state index contributed by atoms with van der Waals surface area (Å²) >= 11 is 0. The minimum atomic E-state index is 0. The Kier molecular flexibility index (Phi) is 7.44. The molecule has 1 saturated heterocycles. The van der Waals surface area contributed by atoms with Crippen LogP contribution in [-0.2, 0) is 6.54 Å². The second-order valence-corrected chi connectivity index (χ2v) is 6.43. The van der Waals surface area contributed by atoms with Crippen molar-refractivity contribution in [3.63, 3.8) is 0 Å². The van der Waals surface area contributed by atoms with E-state index >= 15 is 0 Å². The molecule has 0 amide bonds. The lowest BCUT2D eigenvalue weighted by molar-refractivity contribution is 0.354. The summed E-state index contributed by atoms with van der Waals surface area (Å²) in [6.45, 7) is 7.41. The van der Waals surface area contributed by atoms with Crippen LogP contribution in [-0.4, -0.2) is 45.2 Å². The molecule has 0 radical (unpaired) electrons. The lowest BCUT2D eigenvalue weighted by atomic mass is 9.93. The number of rotatable bonds is 4. The fourth-order valence-electron chi connectivity index (χ4n) is 2.80. The van der Waals surface area contributed by atoms with Crippen molar-refractivity contribution in [2.45, 2.75) is 26.8 Å². The summed E-state index contributed by atoms with van der Waals surface area (Å²) in [5.74, 6) is 2.45. The van der Waals surface area contributed by atoms with Crippen molar-refractivity contribution in [1.82, 2.24) is 10.2 Å². The second-order valence-electron chi connectivity index (χ2n) is 6.43. The molecule has 23 heavy (non-hydrogen) atoms. The first-order valence-electron chi connectivity index (χ1n) is 7.65. The Labute approximate surface area is 156 Å². The van der Waals surface area contributed by atoms with Gasteiger partial charge in [0.15, 0.2) is 17.5 Å². The van der Waals surface area contributed by atoms with E-state index in [1.807, 2.05) is 25.2 Å². The number of nitrogens with zero attached hydrogens (tertiary/aromatic N) is 2. The van der Waals surface area contributed by atoms with Crippen LogP contribution in [0.4, 0.5) is 0 Å². The predicted molar refractivity (Wildman–Crippen MR) is 105 cm³/mol. The van der Waals surface area contributed by atoms with Crippen LogP contribution >= 0.6 is 24.0 Å². The van der Waals surface area contributed by atoms with Gasteiger partial charge in [0.2, 0.25) is 0 Å². The van der Waals surface area contributed by atoms with Crippen LogP contribution in [0.15, 0.2) is 23.2 Å². The fourth-order valence-corrected chi connectivity index (χ4v) is 2.80. The molecule has 0 unspecified atom stereocenters. The maximum atomic E-state index is 5.34. The van der Waals surface area contributed by atoms with Crippen molar-refractivity contribution in [1.29, 1.82) is 0 Å². The van der Waals surface area contributed by atoms with E-state index in [4.69, 9.17) is 9.47 Å². The molecule has 1 N–H and O–H groups in total. The van der Waals surface area contributed by atoms with Crippen LogP contribution in [0.3, 0.4) is 0 Å². The van der Waals surface area contributed by atoms with Gasteiger partial charge in [-0.1, -0.05) is 19.9 Å². The van der Waals surface area contributed by atoms with E-state index in [0.29, 0.717) is 12.0 Å². The molecule has 0 aliphatic carbocycles. The van der Waals surface area contributed by atoms with Crippen molar-refractivity contribution >= 4 is 29.9 Å². The standard InChI is InChI=1S/C17H27N3O2.HI/c1-17(2)8-9-20(12-17)16(18-3)19-11-13-6-7-14(21-4)15(10-13)22-5;/h6-7,10H,8-9,11-12H2,1-5H3,(H,18,19);1H. The zero-order valence-corrected chi connectivity index (χ0v) is 17.0. The van der Waals surface area contributed by atoms with Gasteiger partial charge in [-0.2, -0.15) is 0 Å². The molecule has 0 atom stereocenters. The van der Waals surface area contributed by atoms with E-state index in [0.717, 1.165) is 36.1 Å². The van der Waals surface area contributed by atoms with Crippen molar-refractivity contribution in [2.75, 3.05) is 34.4 Å². The van der Waals surface area contributed by atoms with Gasteiger partial charge in [0.1, 0.15) is 0 Å². The summed E-state index contributed by atoms with van der Waals surface area (Å²) in [4.78, 5) is 6.72. The highest BCUT2D eigenvalue weighted by molar-refractivity contribution is 14.0. The third-order valence-corrected chi connectivity index (χ3v) is 4.09. The highest BCUT2D eigenvalue weighted by Crippen LogP contribution is 2.29. The first kappa shape index (κ1) is 19.9. The lowest BCUT2D eigenvalue weighted by Crippen LogP contribution is -2.40. The number of halogens is 1. The summed E-state index contributed by atoms with van der Waals surface area (Å²) in [6.07, 6.45) is 1.20. The Balaban J connectivity index is 0.00000264. The van der Waals surface area contributed by atoms with Gasteiger partial charge >= 0.3 is 0 Å². The van der Waals surface area contributed by atoms with E-state index in [2.05, 4.69) is 29.1 Å². The van der Waals surface area contributed by atoms with E-state index in [1.54, 1.807) is 14.2 Å². The van der Waals surface area contributed by atoms with Crippen LogP contribution < -0.4 is 14.8 Å². The van der Waals surface area contributed by atoms with Crippen molar-refractivity contribution in [2.24, 2.45) is 10.4 Å². The topological polar surface area (TPSA) is 46.1 Å². The van der Waals surface area contributed by atoms with Gasteiger partial charge in [-0.05, 0) is 29.5 Å². The molecule has 1 aromatic rings. The molecule has 1 heterocycles. The molecule has 1 aliphatic rings. The molecule has 130 valence electrons. The normalized spacial score (nSPS) is 16.7. The van der Waals surface area contributed by atoms with Crippen molar-refractivity contribution in [3.05, 3.63) is 23.8 Å². The first-order valence-corrected chi connectivity index (χ1v) is 7.65. The van der Waals surface area contributed by atoms with Gasteiger partial charge in [-0.25, -0.2) is 0 Å². The molecule has 0 aromatic heterocycles. The number of guanidine groups is 1. The summed E-state index contributed by atoms with van der Waals surface area (Å²) in [5.41, 5.74) is 1.50. The number of likely N-dealkylation sites (tertiary alicyclic amines) is 1. The van der Waals surface area contributed by atoms with Crippen LogP contribution in [0, 0.1) is 5.41 Å². The number of ether oxygens (including phenoxy) is 2. The zero-order valence-electron chi connectivity index (χ0n) is 14.7. The Morgan fingerprint density at radius 2 is 1.96 bits per heavy atom. The lowest BCUT2D eigenvalue weighted by Gasteiger charge is -2.23. The Morgan fingerprint density at radius 3 is 2.48 bits per heavy atom. The summed E-state index contributed by atoms with van der Waals surface area (Å²) in [6, 6.07) is 5.96. The third-order valence-electron chi connectivity index (χ3n) is 4.09. The number of hydrogen-bond acceptors (Lipinski definition) is 3. The molecule has 1 fully saturated rings. The zero-order chi connectivity index (χ0) is 16.2. The highest BCUT2D eigenvalue weighted by atomic mass is 127. The Hall–Kier alpha value is -1.18. The Bertz CT molecular complexity index is 547. The van der Waals surface area contributed by atoms with Gasteiger partial charge in [0, 0.05) is 26.7 Å². The predicted octanol–water partition coefficient (Wildman–Crippen LogP) is 3.13. The smallest absolute Gasteiger partial charge is 0.193 e. The van der Waals surface area contributed by atoms with E-state index in [9.17, 15) is 0 Å². The monoisotopic (exact) mass is 433 g/mol. The molecule has 0 saturated carbocycles. The number of benzene rings is 1. The SMILES string of the molecule is CN=C(NCc1ccc(OC)c(OC)c1)N1CCC(C)(C)C1.I. The number of methoxy groups -OCH3 is 2. The first-order chi connectivity index (χ1) is 10.5.